The molecule has 0 amide bonds. The highest BCUT2D eigenvalue weighted by Gasteiger charge is 2.19. The lowest BCUT2D eigenvalue weighted by atomic mass is 10.0. The van der Waals surface area contributed by atoms with Gasteiger partial charge in [0.1, 0.15) is 13.2 Å². The lowest BCUT2D eigenvalue weighted by Crippen LogP contribution is -2.30. The maximum atomic E-state index is 13.0. The van der Waals surface area contributed by atoms with Gasteiger partial charge in [-0.3, -0.25) is 14.4 Å². The fourth-order valence-electron chi connectivity index (χ4n) is 10.1. The van der Waals surface area contributed by atoms with Crippen molar-refractivity contribution in [2.75, 3.05) is 13.2 Å². The molecule has 0 fully saturated rings. The van der Waals surface area contributed by atoms with Gasteiger partial charge in [-0.05, 0) is 116 Å². The Labute approximate surface area is 503 Å². The monoisotopic (exact) mass is 1130 g/mol. The van der Waals surface area contributed by atoms with E-state index < -0.39 is 6.10 Å². The molecule has 0 bridgehead atoms. The van der Waals surface area contributed by atoms with Gasteiger partial charge >= 0.3 is 17.9 Å². The molecule has 0 aliphatic rings. The zero-order chi connectivity index (χ0) is 58.5. The minimum atomic E-state index is -0.790. The molecule has 1 atom stereocenters. The van der Waals surface area contributed by atoms with E-state index in [-0.39, 0.29) is 31.1 Å². The summed E-state index contributed by atoms with van der Waals surface area (Å²) in [5.41, 5.74) is 0. The minimum absolute atomic E-state index is 0.0831. The molecule has 0 radical (unpaired) electrons. The zero-order valence-corrected chi connectivity index (χ0v) is 53.8. The lowest BCUT2D eigenvalue weighted by molar-refractivity contribution is -0.167. The highest BCUT2D eigenvalue weighted by Crippen LogP contribution is 2.17. The van der Waals surface area contributed by atoms with Crippen LogP contribution >= 0.6 is 0 Å². The molecule has 0 aromatic rings. The van der Waals surface area contributed by atoms with Crippen LogP contribution in [0.1, 0.15) is 355 Å². The van der Waals surface area contributed by atoms with Gasteiger partial charge in [0, 0.05) is 19.3 Å². The van der Waals surface area contributed by atoms with Crippen molar-refractivity contribution < 1.29 is 28.6 Å². The summed E-state index contributed by atoms with van der Waals surface area (Å²) in [4.78, 5) is 38.5. The molecule has 0 saturated carbocycles. The molecule has 0 aliphatic heterocycles. The van der Waals surface area contributed by atoms with Gasteiger partial charge in [-0.2, -0.15) is 0 Å². The van der Waals surface area contributed by atoms with Crippen molar-refractivity contribution in [1.29, 1.82) is 0 Å². The van der Waals surface area contributed by atoms with Crippen LogP contribution in [0.3, 0.4) is 0 Å². The van der Waals surface area contributed by atoms with E-state index in [0.29, 0.717) is 19.3 Å². The molecule has 0 aromatic heterocycles. The first-order chi connectivity index (χ1) is 40.0. The van der Waals surface area contributed by atoms with Gasteiger partial charge < -0.3 is 14.2 Å². The number of hydrogen-bond acceptors (Lipinski definition) is 6. The molecular formula is C75H132O6. The molecule has 1 unspecified atom stereocenters. The van der Waals surface area contributed by atoms with E-state index in [4.69, 9.17) is 14.2 Å². The number of carbonyl (C=O) groups excluding carboxylic acids is 3. The van der Waals surface area contributed by atoms with E-state index in [1.165, 1.54) is 212 Å². The molecule has 0 heterocycles. The van der Waals surface area contributed by atoms with E-state index >= 15 is 0 Å². The number of esters is 3. The second kappa shape index (κ2) is 69.1. The van der Waals surface area contributed by atoms with Gasteiger partial charge in [-0.15, -0.1) is 0 Å². The lowest BCUT2D eigenvalue weighted by Gasteiger charge is -2.18. The van der Waals surface area contributed by atoms with Gasteiger partial charge in [0.15, 0.2) is 6.10 Å². The van der Waals surface area contributed by atoms with E-state index in [0.717, 1.165) is 103 Å². The first kappa shape index (κ1) is 77.6. The summed E-state index contributed by atoms with van der Waals surface area (Å²) < 4.78 is 17.0. The van der Waals surface area contributed by atoms with E-state index in [9.17, 15) is 14.4 Å². The SMILES string of the molecule is CC/C=C\C/C=C\C/C=C\C/C=C\CCCCCCC(=O)OCC(COC(=O)CCCCCCCCCCCCCCCCC/C=C\C/C=C\CCCCCCC)OC(=O)CCCCCCCCCCC/C=C\CCCCCCCC. The summed E-state index contributed by atoms with van der Waals surface area (Å²) in [7, 11) is 0. The average molecular weight is 1130 g/mol. The van der Waals surface area contributed by atoms with Crippen molar-refractivity contribution in [3.8, 4) is 0 Å². The van der Waals surface area contributed by atoms with Gasteiger partial charge in [-0.1, -0.05) is 305 Å². The van der Waals surface area contributed by atoms with Crippen molar-refractivity contribution in [1.82, 2.24) is 0 Å². The second-order valence-electron chi connectivity index (χ2n) is 23.4. The second-order valence-corrected chi connectivity index (χ2v) is 23.4. The van der Waals surface area contributed by atoms with E-state index in [1.54, 1.807) is 0 Å². The molecule has 6 nitrogen and oxygen atoms in total. The molecule has 0 aliphatic carbocycles. The van der Waals surface area contributed by atoms with Crippen LogP contribution in [0.2, 0.25) is 0 Å². The Morgan fingerprint density at radius 2 is 0.481 bits per heavy atom. The largest absolute Gasteiger partial charge is 0.462 e. The number of carbonyl (C=O) groups is 3. The van der Waals surface area contributed by atoms with Crippen LogP contribution in [0.25, 0.3) is 0 Å². The van der Waals surface area contributed by atoms with Gasteiger partial charge in [0.05, 0.1) is 0 Å². The highest BCUT2D eigenvalue weighted by molar-refractivity contribution is 5.71. The molecule has 0 aromatic carbocycles. The topological polar surface area (TPSA) is 78.9 Å². The maximum absolute atomic E-state index is 13.0. The third-order valence-electron chi connectivity index (χ3n) is 15.4. The van der Waals surface area contributed by atoms with Crippen molar-refractivity contribution in [3.05, 3.63) is 85.1 Å². The average Bonchev–Trinajstić information content (AvgIpc) is 3.47. The Morgan fingerprint density at radius 3 is 0.765 bits per heavy atom. The predicted octanol–water partition coefficient (Wildman–Crippen LogP) is 24.2. The molecule has 0 spiro atoms. The fourth-order valence-corrected chi connectivity index (χ4v) is 10.1. The van der Waals surface area contributed by atoms with Gasteiger partial charge in [0.2, 0.25) is 0 Å². The summed E-state index contributed by atoms with van der Waals surface area (Å²) in [6.07, 6.45) is 91.8. The summed E-state index contributed by atoms with van der Waals surface area (Å²) >= 11 is 0. The molecule has 0 saturated heterocycles. The fraction of sp³-hybridized carbons (Fsp3) is 0.773. The Morgan fingerprint density at radius 1 is 0.259 bits per heavy atom. The van der Waals surface area contributed by atoms with Crippen LogP contribution in [0.15, 0.2) is 85.1 Å². The third-order valence-corrected chi connectivity index (χ3v) is 15.4. The van der Waals surface area contributed by atoms with Crippen molar-refractivity contribution >= 4 is 17.9 Å². The number of rotatable bonds is 64. The smallest absolute Gasteiger partial charge is 0.306 e. The van der Waals surface area contributed by atoms with Gasteiger partial charge in [0.25, 0.3) is 0 Å². The van der Waals surface area contributed by atoms with Gasteiger partial charge in [-0.25, -0.2) is 0 Å². The zero-order valence-electron chi connectivity index (χ0n) is 53.8. The Hall–Kier alpha value is -3.41. The Bertz CT molecular complexity index is 1530. The summed E-state index contributed by atoms with van der Waals surface area (Å²) in [6.45, 7) is 6.54. The van der Waals surface area contributed by atoms with E-state index in [2.05, 4.69) is 106 Å². The maximum Gasteiger partial charge on any atom is 0.306 e. The standard InChI is InChI=1S/C75H132O6/c1-4-7-10-13-16-19-22-25-28-31-33-34-35-36-37-38-39-40-42-44-47-50-53-56-59-62-65-68-74(77)80-71-72(70-79-73(76)67-64-61-58-55-52-49-46-43-30-27-24-21-18-15-12-9-6-3)81-75(78)69-66-63-60-57-54-51-48-45-41-32-29-26-23-20-17-14-11-8-5-2/h9,12,18,21-22,25-27,29-31,33,46,49,72H,4-8,10-11,13-17,19-20,23-24,28,32,34-45,47-48,50-71H2,1-3H3/b12-9-,21-18-,25-22-,29-26-,30-27-,33-31-,49-46-. The summed E-state index contributed by atoms with van der Waals surface area (Å²) in [5.74, 6) is -0.892. The normalized spacial score (nSPS) is 12.6. The van der Waals surface area contributed by atoms with Crippen LogP contribution in [-0.4, -0.2) is 37.2 Å². The van der Waals surface area contributed by atoms with Crippen molar-refractivity contribution in [3.63, 3.8) is 0 Å². The molecular weight excluding hydrogens is 997 g/mol. The number of ether oxygens (including phenoxy) is 3. The van der Waals surface area contributed by atoms with Crippen LogP contribution in [0, 0.1) is 0 Å². The summed E-state index contributed by atoms with van der Waals surface area (Å²) in [6, 6.07) is 0. The first-order valence-corrected chi connectivity index (χ1v) is 35.1. The highest BCUT2D eigenvalue weighted by atomic mass is 16.6. The van der Waals surface area contributed by atoms with Crippen molar-refractivity contribution in [2.24, 2.45) is 0 Å². The minimum Gasteiger partial charge on any atom is -0.462 e. The van der Waals surface area contributed by atoms with E-state index in [1.807, 2.05) is 0 Å². The summed E-state index contributed by atoms with van der Waals surface area (Å²) in [5, 5.41) is 0. The predicted molar refractivity (Wildman–Crippen MR) is 353 cm³/mol. The van der Waals surface area contributed by atoms with Crippen molar-refractivity contribution in [2.45, 2.75) is 361 Å². The molecule has 6 heteroatoms. The van der Waals surface area contributed by atoms with Crippen LogP contribution in [-0.2, 0) is 28.6 Å². The first-order valence-electron chi connectivity index (χ1n) is 35.1. The quantitative estimate of drug-likeness (QED) is 0.0261. The number of allylic oxidation sites excluding steroid dienone is 14. The van der Waals surface area contributed by atoms with Crippen LogP contribution in [0.5, 0.6) is 0 Å². The van der Waals surface area contributed by atoms with Crippen LogP contribution in [0.4, 0.5) is 0 Å². The molecule has 468 valence electrons. The molecule has 0 N–H and O–H groups in total. The third kappa shape index (κ3) is 67.3. The molecule has 0 rings (SSSR count). The molecule has 81 heavy (non-hydrogen) atoms. The number of hydrogen-bond donors (Lipinski definition) is 0. The Kier molecular flexibility index (Phi) is 66.2. The Balaban J connectivity index is 4.32. The number of unbranched alkanes of at least 4 members (excludes halogenated alkanes) is 39. The van der Waals surface area contributed by atoms with Crippen LogP contribution < -0.4 is 0 Å².